The van der Waals surface area contributed by atoms with Gasteiger partial charge in [0, 0.05) is 0 Å². The third kappa shape index (κ3) is 7.13. The highest BCUT2D eigenvalue weighted by molar-refractivity contribution is 5.24. The van der Waals surface area contributed by atoms with Crippen LogP contribution in [0.5, 0.6) is 0 Å². The van der Waals surface area contributed by atoms with Gasteiger partial charge in [-0.2, -0.15) is 0 Å². The number of hydrogen-bond donors (Lipinski definition) is 0. The Hall–Kier alpha value is -0.260. The Morgan fingerprint density at radius 2 is 1.40 bits per heavy atom. The van der Waals surface area contributed by atoms with Crippen LogP contribution >= 0.6 is 0 Å². The molecule has 0 saturated heterocycles. The van der Waals surface area contributed by atoms with Gasteiger partial charge in [0.2, 0.25) is 0 Å². The maximum Gasteiger partial charge on any atom is -0.0141 e. The highest BCUT2D eigenvalue weighted by Gasteiger charge is 2.47. The fraction of sp³-hybridized carbons (Fsp3) is 0.933. The zero-order valence-electron chi connectivity index (χ0n) is 22.7. The average molecular weight is 419 g/mol. The highest BCUT2D eigenvalue weighted by atomic mass is 14.5. The fourth-order valence-electron chi connectivity index (χ4n) is 7.32. The average Bonchev–Trinajstić information content (AvgIpc) is 3.10. The largest absolute Gasteiger partial charge is 0.0702 e. The molecule has 2 saturated carbocycles. The van der Waals surface area contributed by atoms with E-state index in [1.165, 1.54) is 57.8 Å². The van der Waals surface area contributed by atoms with Crippen LogP contribution in [0.3, 0.4) is 0 Å². The van der Waals surface area contributed by atoms with Crippen molar-refractivity contribution in [2.45, 2.75) is 133 Å². The standard InChI is InChI=1S/C25H44.C3H8.C2H6/c1-7-20(14-16(2)3)15-18(5)23-13-12-22-11-10-21-9-8-17(4)24(21)25(22)19(23)6;1-3-2;1-2/h16-18,20-22,24-25H,7-15H2,1-6H3;3H2,1-2H3;1-2H3. The Kier molecular flexibility index (Phi) is 13.0. The molecule has 0 aromatic heterocycles. The van der Waals surface area contributed by atoms with Gasteiger partial charge in [0.05, 0.1) is 0 Å². The summed E-state index contributed by atoms with van der Waals surface area (Å²) < 4.78 is 0. The van der Waals surface area contributed by atoms with E-state index in [1.807, 2.05) is 25.0 Å². The van der Waals surface area contributed by atoms with Gasteiger partial charge in [0.1, 0.15) is 0 Å². The van der Waals surface area contributed by atoms with Crippen LogP contribution in [-0.4, -0.2) is 0 Å². The fourth-order valence-corrected chi connectivity index (χ4v) is 7.32. The first kappa shape index (κ1) is 27.8. The number of rotatable bonds is 6. The van der Waals surface area contributed by atoms with E-state index in [0.29, 0.717) is 0 Å². The van der Waals surface area contributed by atoms with Gasteiger partial charge in [0.25, 0.3) is 0 Å². The van der Waals surface area contributed by atoms with Gasteiger partial charge in [-0.05, 0) is 99.2 Å². The Labute approximate surface area is 192 Å². The molecule has 3 aliphatic carbocycles. The quantitative estimate of drug-likeness (QED) is 0.376. The third-order valence-corrected chi connectivity index (χ3v) is 8.48. The smallest absolute Gasteiger partial charge is 0.0141 e. The SMILES string of the molecule is CC.CCC.CCC(CC(C)C)CC(C)C1=C(C)C2C(CC1)CCC1CCC(C)C12. The van der Waals surface area contributed by atoms with E-state index in [0.717, 1.165) is 47.3 Å². The van der Waals surface area contributed by atoms with Crippen molar-refractivity contribution in [1.29, 1.82) is 0 Å². The van der Waals surface area contributed by atoms with Crippen molar-refractivity contribution in [2.75, 3.05) is 0 Å². The summed E-state index contributed by atoms with van der Waals surface area (Å²) in [7, 11) is 0. The molecule has 0 heteroatoms. The minimum Gasteiger partial charge on any atom is -0.0702 e. The molecule has 0 aromatic carbocycles. The van der Waals surface area contributed by atoms with Crippen LogP contribution in [0.4, 0.5) is 0 Å². The molecule has 0 heterocycles. The van der Waals surface area contributed by atoms with Crippen molar-refractivity contribution in [2.24, 2.45) is 47.3 Å². The van der Waals surface area contributed by atoms with Crippen LogP contribution in [0.2, 0.25) is 0 Å². The van der Waals surface area contributed by atoms with Crippen molar-refractivity contribution in [3.63, 3.8) is 0 Å². The van der Waals surface area contributed by atoms with Gasteiger partial charge in [-0.25, -0.2) is 0 Å². The molecule has 0 spiro atoms. The molecule has 7 unspecified atom stereocenters. The van der Waals surface area contributed by atoms with Crippen molar-refractivity contribution in [3.8, 4) is 0 Å². The molecule has 0 aromatic rings. The molecular weight excluding hydrogens is 360 g/mol. The monoisotopic (exact) mass is 418 g/mol. The maximum atomic E-state index is 2.56. The molecule has 2 fully saturated rings. The van der Waals surface area contributed by atoms with Gasteiger partial charge in [0.15, 0.2) is 0 Å². The molecule has 0 nitrogen and oxygen atoms in total. The third-order valence-electron chi connectivity index (χ3n) is 8.48. The number of hydrogen-bond acceptors (Lipinski definition) is 0. The van der Waals surface area contributed by atoms with E-state index in [2.05, 4.69) is 55.4 Å². The zero-order valence-corrected chi connectivity index (χ0v) is 22.7. The second-order valence-electron chi connectivity index (χ2n) is 11.2. The zero-order chi connectivity index (χ0) is 22.8. The molecule has 30 heavy (non-hydrogen) atoms. The van der Waals surface area contributed by atoms with E-state index >= 15 is 0 Å². The van der Waals surface area contributed by atoms with Crippen LogP contribution in [0.15, 0.2) is 11.1 Å². The van der Waals surface area contributed by atoms with Gasteiger partial charge in [-0.1, -0.05) is 92.7 Å². The minimum atomic E-state index is 0.821. The van der Waals surface area contributed by atoms with Gasteiger partial charge in [-0.15, -0.1) is 0 Å². The topological polar surface area (TPSA) is 0 Å². The maximum absolute atomic E-state index is 2.56. The molecule has 7 atom stereocenters. The van der Waals surface area contributed by atoms with Crippen molar-refractivity contribution >= 4 is 0 Å². The lowest BCUT2D eigenvalue weighted by molar-refractivity contribution is 0.0958. The van der Waals surface area contributed by atoms with Crippen LogP contribution < -0.4 is 0 Å². The predicted molar refractivity (Wildman–Crippen MR) is 138 cm³/mol. The molecule has 0 radical (unpaired) electrons. The summed E-state index contributed by atoms with van der Waals surface area (Å²) in [6.07, 6.45) is 14.5. The Morgan fingerprint density at radius 1 is 0.833 bits per heavy atom. The van der Waals surface area contributed by atoms with Crippen LogP contribution in [0.1, 0.15) is 133 Å². The highest BCUT2D eigenvalue weighted by Crippen LogP contribution is 2.56. The molecule has 3 aliphatic rings. The van der Waals surface area contributed by atoms with Gasteiger partial charge in [-0.3, -0.25) is 0 Å². The number of fused-ring (bicyclic) bond motifs is 3. The molecule has 3 rings (SSSR count). The Bertz CT molecular complexity index is 484. The van der Waals surface area contributed by atoms with Crippen molar-refractivity contribution in [1.82, 2.24) is 0 Å². The Balaban J connectivity index is 0.000000826. The summed E-state index contributed by atoms with van der Waals surface area (Å²) in [5.41, 5.74) is 3.76. The second-order valence-corrected chi connectivity index (χ2v) is 11.2. The lowest BCUT2D eigenvalue weighted by Gasteiger charge is -2.47. The van der Waals surface area contributed by atoms with Crippen molar-refractivity contribution in [3.05, 3.63) is 11.1 Å². The summed E-state index contributed by atoms with van der Waals surface area (Å²) in [4.78, 5) is 0. The van der Waals surface area contributed by atoms with E-state index < -0.39 is 0 Å². The van der Waals surface area contributed by atoms with Crippen LogP contribution in [0, 0.1) is 47.3 Å². The lowest BCUT2D eigenvalue weighted by atomic mass is 9.58. The molecular formula is C30H58. The van der Waals surface area contributed by atoms with E-state index in [-0.39, 0.29) is 0 Å². The van der Waals surface area contributed by atoms with E-state index in [1.54, 1.807) is 6.42 Å². The summed E-state index contributed by atoms with van der Waals surface area (Å²) in [6.45, 7) is 23.1. The lowest BCUT2D eigenvalue weighted by Crippen LogP contribution is -2.38. The Morgan fingerprint density at radius 3 is 1.97 bits per heavy atom. The van der Waals surface area contributed by atoms with Crippen LogP contribution in [0.25, 0.3) is 0 Å². The molecule has 0 N–H and O–H groups in total. The molecule has 0 amide bonds. The van der Waals surface area contributed by atoms with Gasteiger partial charge >= 0.3 is 0 Å². The summed E-state index contributed by atoms with van der Waals surface area (Å²) in [5, 5.41) is 0. The predicted octanol–water partition coefficient (Wildman–Crippen LogP) is 10.3. The molecule has 0 aliphatic heterocycles. The summed E-state index contributed by atoms with van der Waals surface area (Å²) >= 11 is 0. The van der Waals surface area contributed by atoms with Crippen molar-refractivity contribution < 1.29 is 0 Å². The van der Waals surface area contributed by atoms with E-state index in [9.17, 15) is 0 Å². The molecule has 178 valence electrons. The van der Waals surface area contributed by atoms with E-state index in [4.69, 9.17) is 0 Å². The number of allylic oxidation sites excluding steroid dienone is 2. The summed E-state index contributed by atoms with van der Waals surface area (Å²) in [6, 6.07) is 0. The van der Waals surface area contributed by atoms with Gasteiger partial charge < -0.3 is 0 Å². The normalized spacial score (nSPS) is 32.3. The van der Waals surface area contributed by atoms with Crippen LogP contribution in [-0.2, 0) is 0 Å². The summed E-state index contributed by atoms with van der Waals surface area (Å²) in [5.74, 6) is 7.64. The first-order valence-corrected chi connectivity index (χ1v) is 14.0. The molecule has 0 bridgehead atoms. The first-order valence-electron chi connectivity index (χ1n) is 14.0. The first-order chi connectivity index (χ1) is 14.3. The second kappa shape index (κ2) is 14.0. The minimum absolute atomic E-state index is 0.821.